The zero-order valence-corrected chi connectivity index (χ0v) is 14.4. The molecule has 0 aliphatic rings. The van der Waals surface area contributed by atoms with E-state index in [1.54, 1.807) is 48.6 Å². The number of amides is 1. The lowest BCUT2D eigenvalue weighted by Gasteiger charge is -2.20. The van der Waals surface area contributed by atoms with Crippen LogP contribution in [0.4, 0.5) is 10.5 Å². The Balaban J connectivity index is 2.25. The molecule has 0 saturated heterocycles. The highest BCUT2D eigenvalue weighted by atomic mass is 32.2. The maximum absolute atomic E-state index is 12.4. The number of hydrogen-bond acceptors (Lipinski definition) is 4. The van der Waals surface area contributed by atoms with Crippen LogP contribution in [0.3, 0.4) is 0 Å². The number of carbonyl (C=O) groups excluding carboxylic acids is 1. The summed E-state index contributed by atoms with van der Waals surface area (Å²) in [6.45, 7) is 3.87. The van der Waals surface area contributed by atoms with Gasteiger partial charge < -0.3 is 4.18 Å². The fourth-order valence-electron chi connectivity index (χ4n) is 2.00. The van der Waals surface area contributed by atoms with Crippen LogP contribution in [-0.2, 0) is 14.3 Å². The van der Waals surface area contributed by atoms with Crippen molar-refractivity contribution in [1.82, 2.24) is 0 Å². The first-order valence-corrected chi connectivity index (χ1v) is 8.84. The molecule has 0 aromatic heterocycles. The van der Waals surface area contributed by atoms with Gasteiger partial charge in [-0.25, -0.2) is 4.79 Å². The van der Waals surface area contributed by atoms with Gasteiger partial charge in [0.25, 0.3) is 0 Å². The van der Waals surface area contributed by atoms with Gasteiger partial charge in [0.15, 0.2) is 0 Å². The summed E-state index contributed by atoms with van der Waals surface area (Å²) in [4.78, 5) is 13.6. The summed E-state index contributed by atoms with van der Waals surface area (Å²) in [5.74, 6) is 0. The smallest absolute Gasteiger partial charge is 0.324 e. The molecule has 24 heavy (non-hydrogen) atoms. The van der Waals surface area contributed by atoms with E-state index in [1.807, 2.05) is 19.9 Å². The van der Waals surface area contributed by atoms with Crippen molar-refractivity contribution in [2.24, 2.45) is 0 Å². The van der Waals surface area contributed by atoms with Gasteiger partial charge in [-0.2, -0.15) is 8.42 Å². The van der Waals surface area contributed by atoms with Gasteiger partial charge in [-0.1, -0.05) is 48.0 Å². The molecule has 2 aromatic carbocycles. The lowest BCUT2D eigenvalue weighted by atomic mass is 10.2. The summed E-state index contributed by atoms with van der Waals surface area (Å²) < 4.78 is 29.4. The van der Waals surface area contributed by atoms with Crippen LogP contribution < -0.4 is 4.90 Å². The molecule has 0 radical (unpaired) electrons. The van der Waals surface area contributed by atoms with Gasteiger partial charge in [0, 0.05) is 12.2 Å². The molecule has 0 N–H and O–H groups in total. The second kappa shape index (κ2) is 7.79. The number of rotatable bonds is 5. The Bertz CT molecular complexity index is 812. The highest BCUT2D eigenvalue weighted by molar-refractivity contribution is 7.87. The molecule has 2 aromatic rings. The first-order valence-electron chi connectivity index (χ1n) is 7.43. The molecular formula is C18H19NO4S. The topological polar surface area (TPSA) is 63.7 Å². The first kappa shape index (κ1) is 17.7. The van der Waals surface area contributed by atoms with E-state index in [9.17, 15) is 13.2 Å². The van der Waals surface area contributed by atoms with Crippen LogP contribution >= 0.6 is 0 Å². The standard InChI is InChI=1S/C18H19NO4S/c1-3-4-14-19(16-8-6-5-7-9-16)18(20)23-24(21,22)17-12-10-15(2)11-13-17/h3-13H,14H2,1-2H3. The molecule has 0 unspecified atom stereocenters. The third-order valence-electron chi connectivity index (χ3n) is 3.30. The van der Waals surface area contributed by atoms with Gasteiger partial charge in [0.2, 0.25) is 0 Å². The van der Waals surface area contributed by atoms with E-state index >= 15 is 0 Å². The molecule has 126 valence electrons. The van der Waals surface area contributed by atoms with Gasteiger partial charge in [-0.05, 0) is 38.1 Å². The molecular weight excluding hydrogens is 326 g/mol. The van der Waals surface area contributed by atoms with E-state index in [-0.39, 0.29) is 11.4 Å². The van der Waals surface area contributed by atoms with Crippen LogP contribution in [0, 0.1) is 6.92 Å². The summed E-state index contributed by atoms with van der Waals surface area (Å²) in [6.07, 6.45) is 2.57. The van der Waals surface area contributed by atoms with Crippen molar-refractivity contribution >= 4 is 21.9 Å². The third kappa shape index (κ3) is 4.45. The lowest BCUT2D eigenvalue weighted by molar-refractivity contribution is 0.210. The first-order chi connectivity index (χ1) is 11.4. The number of carbonyl (C=O) groups is 1. The summed E-state index contributed by atoms with van der Waals surface area (Å²) >= 11 is 0. The predicted molar refractivity (Wildman–Crippen MR) is 93.4 cm³/mol. The van der Waals surface area contributed by atoms with E-state index in [0.29, 0.717) is 5.69 Å². The molecule has 0 aliphatic heterocycles. The molecule has 0 atom stereocenters. The molecule has 0 bridgehead atoms. The highest BCUT2D eigenvalue weighted by Gasteiger charge is 2.25. The van der Waals surface area contributed by atoms with E-state index in [1.165, 1.54) is 17.0 Å². The second-order valence-electron chi connectivity index (χ2n) is 5.13. The van der Waals surface area contributed by atoms with Gasteiger partial charge >= 0.3 is 16.2 Å². The van der Waals surface area contributed by atoms with Gasteiger partial charge in [-0.3, -0.25) is 4.90 Å². The Morgan fingerprint density at radius 2 is 1.71 bits per heavy atom. The molecule has 0 saturated carbocycles. The minimum Gasteiger partial charge on any atom is -0.324 e. The molecule has 0 aliphatic carbocycles. The summed E-state index contributed by atoms with van der Waals surface area (Å²) in [7, 11) is -4.17. The zero-order chi connectivity index (χ0) is 17.6. The van der Waals surface area contributed by atoms with Crippen molar-refractivity contribution in [3.05, 3.63) is 72.3 Å². The fourth-order valence-corrected chi connectivity index (χ4v) is 2.84. The number of hydrogen-bond donors (Lipinski definition) is 0. The number of aryl methyl sites for hydroxylation is 1. The maximum atomic E-state index is 12.4. The van der Waals surface area contributed by atoms with Crippen LogP contribution in [0.15, 0.2) is 71.6 Å². The van der Waals surface area contributed by atoms with Gasteiger partial charge in [-0.15, -0.1) is 0 Å². The van der Waals surface area contributed by atoms with Crippen molar-refractivity contribution in [2.45, 2.75) is 18.7 Å². The predicted octanol–water partition coefficient (Wildman–Crippen LogP) is 3.90. The van der Waals surface area contributed by atoms with E-state index in [4.69, 9.17) is 4.18 Å². The quantitative estimate of drug-likeness (QED) is 0.609. The average molecular weight is 345 g/mol. The Morgan fingerprint density at radius 1 is 1.08 bits per heavy atom. The van der Waals surface area contributed by atoms with Crippen LogP contribution in [0.1, 0.15) is 12.5 Å². The number of allylic oxidation sites excluding steroid dienone is 1. The zero-order valence-electron chi connectivity index (χ0n) is 13.5. The van der Waals surface area contributed by atoms with Crippen LogP contribution in [0.5, 0.6) is 0 Å². The van der Waals surface area contributed by atoms with Gasteiger partial charge in [0.1, 0.15) is 4.90 Å². The van der Waals surface area contributed by atoms with Gasteiger partial charge in [0.05, 0.1) is 0 Å². The number of benzene rings is 2. The van der Waals surface area contributed by atoms with Crippen molar-refractivity contribution in [3.8, 4) is 0 Å². The average Bonchev–Trinajstić information content (AvgIpc) is 2.56. The second-order valence-corrected chi connectivity index (χ2v) is 6.68. The van der Waals surface area contributed by atoms with Crippen LogP contribution in [-0.4, -0.2) is 21.1 Å². The van der Waals surface area contributed by atoms with Crippen molar-refractivity contribution in [2.75, 3.05) is 11.4 Å². The molecule has 6 heteroatoms. The number of para-hydroxylation sites is 1. The third-order valence-corrected chi connectivity index (χ3v) is 4.51. The Labute approximate surface area is 142 Å². The van der Waals surface area contributed by atoms with Crippen LogP contribution in [0.2, 0.25) is 0 Å². The number of anilines is 1. The Morgan fingerprint density at radius 3 is 2.29 bits per heavy atom. The Kier molecular flexibility index (Phi) is 5.76. The summed E-state index contributed by atoms with van der Waals surface area (Å²) in [6, 6.07) is 14.9. The highest BCUT2D eigenvalue weighted by Crippen LogP contribution is 2.19. The molecule has 0 fully saturated rings. The lowest BCUT2D eigenvalue weighted by Crippen LogP contribution is -2.33. The van der Waals surface area contributed by atoms with Crippen molar-refractivity contribution < 1.29 is 17.4 Å². The molecule has 0 heterocycles. The minimum atomic E-state index is -4.17. The largest absolute Gasteiger partial charge is 0.430 e. The van der Waals surface area contributed by atoms with E-state index < -0.39 is 16.2 Å². The maximum Gasteiger partial charge on any atom is 0.430 e. The van der Waals surface area contributed by atoms with E-state index in [2.05, 4.69) is 0 Å². The Hall–Kier alpha value is -2.60. The van der Waals surface area contributed by atoms with Crippen LogP contribution in [0.25, 0.3) is 0 Å². The minimum absolute atomic E-state index is 0.0551. The van der Waals surface area contributed by atoms with Crippen molar-refractivity contribution in [1.29, 1.82) is 0 Å². The summed E-state index contributed by atoms with van der Waals surface area (Å²) in [5, 5.41) is 0. The molecule has 5 nitrogen and oxygen atoms in total. The fraction of sp³-hybridized carbons (Fsp3) is 0.167. The molecule has 2 rings (SSSR count). The van der Waals surface area contributed by atoms with E-state index in [0.717, 1.165) is 5.56 Å². The SMILES string of the molecule is CC=CCN(C(=O)OS(=O)(=O)c1ccc(C)cc1)c1ccccc1. The molecule has 1 amide bonds. The summed E-state index contributed by atoms with van der Waals surface area (Å²) in [5.41, 5.74) is 1.47. The van der Waals surface area contributed by atoms with Crippen molar-refractivity contribution in [3.63, 3.8) is 0 Å². The monoisotopic (exact) mass is 345 g/mol. The normalized spacial score (nSPS) is 11.4. The number of nitrogens with zero attached hydrogens (tertiary/aromatic N) is 1. The molecule has 0 spiro atoms.